The summed E-state index contributed by atoms with van der Waals surface area (Å²) in [6.07, 6.45) is 3.85. The smallest absolute Gasteiger partial charge is 0.229 e. The summed E-state index contributed by atoms with van der Waals surface area (Å²) in [6.45, 7) is 11.3. The monoisotopic (exact) mass is 423 g/mol. The maximum absolute atomic E-state index is 15.0. The van der Waals surface area contributed by atoms with Gasteiger partial charge in [0.05, 0.1) is 5.69 Å². The molecule has 0 amide bonds. The van der Waals surface area contributed by atoms with Crippen LogP contribution in [0, 0.1) is 26.6 Å². The normalized spacial score (nSPS) is 15.3. The Morgan fingerprint density at radius 2 is 1.87 bits per heavy atom. The molecule has 0 aliphatic carbocycles. The van der Waals surface area contributed by atoms with Crippen molar-refractivity contribution in [3.63, 3.8) is 0 Å². The fraction of sp³-hybridized carbons (Fsp3) is 0.435. The van der Waals surface area contributed by atoms with E-state index in [1.165, 1.54) is 0 Å². The van der Waals surface area contributed by atoms with Crippen molar-refractivity contribution in [1.82, 2.24) is 25.1 Å². The van der Waals surface area contributed by atoms with Crippen LogP contribution in [-0.2, 0) is 0 Å². The number of hydrogen-bond acceptors (Lipinski definition) is 6. The number of H-pyrrole nitrogens is 1. The van der Waals surface area contributed by atoms with E-state index in [9.17, 15) is 4.39 Å². The molecule has 3 aromatic rings. The van der Waals surface area contributed by atoms with Gasteiger partial charge in [0.15, 0.2) is 5.82 Å². The van der Waals surface area contributed by atoms with Gasteiger partial charge in [-0.3, -0.25) is 5.10 Å². The van der Waals surface area contributed by atoms with Gasteiger partial charge in [-0.2, -0.15) is 10.1 Å². The van der Waals surface area contributed by atoms with Crippen LogP contribution in [0.15, 0.2) is 24.4 Å². The third-order valence-electron chi connectivity index (χ3n) is 6.00. The van der Waals surface area contributed by atoms with Gasteiger partial charge in [0, 0.05) is 23.5 Å². The molecule has 0 bridgehead atoms. The third kappa shape index (κ3) is 4.85. The molecule has 0 atom stereocenters. The lowest BCUT2D eigenvalue weighted by Gasteiger charge is -2.32. The van der Waals surface area contributed by atoms with E-state index in [1.54, 1.807) is 12.3 Å². The first kappa shape index (κ1) is 21.2. The van der Waals surface area contributed by atoms with E-state index < -0.39 is 0 Å². The zero-order valence-corrected chi connectivity index (χ0v) is 18.6. The minimum atomic E-state index is -0.278. The van der Waals surface area contributed by atoms with Crippen molar-refractivity contribution >= 4 is 23.3 Å². The molecule has 3 heterocycles. The molecule has 0 radical (unpaired) electrons. The Hall–Kier alpha value is -3.00. The van der Waals surface area contributed by atoms with Gasteiger partial charge in [-0.15, -0.1) is 0 Å². The second kappa shape index (κ2) is 9.01. The molecule has 1 aliphatic rings. The first-order valence-electron chi connectivity index (χ1n) is 10.8. The van der Waals surface area contributed by atoms with Gasteiger partial charge >= 0.3 is 0 Å². The summed E-state index contributed by atoms with van der Waals surface area (Å²) in [5.41, 5.74) is 4.41. The second-order valence-electron chi connectivity index (χ2n) is 8.31. The predicted octanol–water partition coefficient (Wildman–Crippen LogP) is 4.95. The summed E-state index contributed by atoms with van der Waals surface area (Å²) in [5, 5.41) is 13.3. The van der Waals surface area contributed by atoms with Crippen LogP contribution in [0.3, 0.4) is 0 Å². The molecule has 7 nitrogen and oxygen atoms in total. The highest BCUT2D eigenvalue weighted by Crippen LogP contribution is 2.33. The summed E-state index contributed by atoms with van der Waals surface area (Å²) in [6, 6.07) is 5.44. The minimum absolute atomic E-state index is 0.278. The van der Waals surface area contributed by atoms with E-state index in [0.717, 1.165) is 54.9 Å². The number of aromatic amines is 1. The number of halogens is 1. The number of nitrogens with one attached hydrogen (secondary N) is 3. The number of anilines is 4. The fourth-order valence-corrected chi connectivity index (χ4v) is 4.15. The molecule has 4 rings (SSSR count). The van der Waals surface area contributed by atoms with E-state index in [1.807, 2.05) is 26.0 Å². The molecule has 164 valence electrons. The lowest BCUT2D eigenvalue weighted by molar-refractivity contribution is 0.222. The van der Waals surface area contributed by atoms with Crippen LogP contribution in [0.2, 0.25) is 0 Å². The number of nitrogens with zero attached hydrogens (tertiary/aromatic N) is 4. The molecule has 0 saturated carbocycles. The summed E-state index contributed by atoms with van der Waals surface area (Å²) in [5.74, 6) is 1.77. The molecule has 1 aromatic carbocycles. The summed E-state index contributed by atoms with van der Waals surface area (Å²) in [4.78, 5) is 11.3. The van der Waals surface area contributed by atoms with Crippen LogP contribution in [0.25, 0.3) is 0 Å². The van der Waals surface area contributed by atoms with Gasteiger partial charge in [-0.1, -0.05) is 6.92 Å². The Morgan fingerprint density at radius 3 is 2.55 bits per heavy atom. The highest BCUT2D eigenvalue weighted by Gasteiger charge is 2.22. The largest absolute Gasteiger partial charge is 0.323 e. The topological polar surface area (TPSA) is 81.8 Å². The van der Waals surface area contributed by atoms with Gasteiger partial charge in [-0.25, -0.2) is 9.37 Å². The molecular formula is C23H30FN7. The quantitative estimate of drug-likeness (QED) is 0.520. The molecule has 0 spiro atoms. The lowest BCUT2D eigenvalue weighted by Crippen LogP contribution is -2.32. The van der Waals surface area contributed by atoms with Crippen molar-refractivity contribution in [1.29, 1.82) is 0 Å². The van der Waals surface area contributed by atoms with Crippen molar-refractivity contribution < 1.29 is 4.39 Å². The van der Waals surface area contributed by atoms with Gasteiger partial charge in [0.2, 0.25) is 5.95 Å². The van der Waals surface area contributed by atoms with E-state index in [0.29, 0.717) is 29.2 Å². The van der Waals surface area contributed by atoms with Crippen molar-refractivity contribution in [3.05, 3.63) is 52.6 Å². The number of piperidine rings is 1. The average molecular weight is 424 g/mol. The number of benzene rings is 1. The molecule has 1 fully saturated rings. The Kier molecular flexibility index (Phi) is 6.18. The van der Waals surface area contributed by atoms with Crippen molar-refractivity contribution in [2.75, 3.05) is 30.3 Å². The zero-order chi connectivity index (χ0) is 22.0. The third-order valence-corrected chi connectivity index (χ3v) is 6.00. The van der Waals surface area contributed by atoms with E-state index in [4.69, 9.17) is 0 Å². The van der Waals surface area contributed by atoms with Crippen molar-refractivity contribution in [2.45, 2.75) is 46.5 Å². The Morgan fingerprint density at radius 1 is 1.10 bits per heavy atom. The summed E-state index contributed by atoms with van der Waals surface area (Å²) < 4.78 is 15.0. The average Bonchev–Trinajstić information content (AvgIpc) is 3.17. The molecule has 8 heteroatoms. The van der Waals surface area contributed by atoms with Crippen LogP contribution < -0.4 is 10.6 Å². The van der Waals surface area contributed by atoms with Gasteiger partial charge in [0.25, 0.3) is 0 Å². The predicted molar refractivity (Wildman–Crippen MR) is 122 cm³/mol. The number of aromatic nitrogens is 4. The van der Waals surface area contributed by atoms with Gasteiger partial charge in [0.1, 0.15) is 11.6 Å². The molecule has 3 N–H and O–H groups in total. The fourth-order valence-electron chi connectivity index (χ4n) is 4.15. The summed E-state index contributed by atoms with van der Waals surface area (Å²) in [7, 11) is 0. The van der Waals surface area contributed by atoms with E-state index >= 15 is 0 Å². The first-order chi connectivity index (χ1) is 14.9. The van der Waals surface area contributed by atoms with Gasteiger partial charge < -0.3 is 15.5 Å². The number of rotatable bonds is 6. The SMILES string of the molecule is CCN1CCC(c2cc(F)c(Nc3ncc(C)c(Nc4cc(C)[nH]n4)n3)cc2C)CC1. The molecule has 2 aromatic heterocycles. The zero-order valence-electron chi connectivity index (χ0n) is 18.6. The second-order valence-corrected chi connectivity index (χ2v) is 8.31. The van der Waals surface area contributed by atoms with Crippen LogP contribution in [0.4, 0.5) is 27.7 Å². The molecule has 0 unspecified atom stereocenters. The van der Waals surface area contributed by atoms with Crippen molar-refractivity contribution in [3.8, 4) is 0 Å². The standard InChI is InChI=1S/C23H30FN7/c1-5-31-8-6-17(7-9-31)18-12-19(24)20(10-14(18)2)26-23-25-13-15(3)22(28-23)27-21-11-16(4)29-30-21/h10-13,17H,5-9H2,1-4H3,(H3,25,26,27,28,29,30). The number of hydrogen-bond donors (Lipinski definition) is 3. The van der Waals surface area contributed by atoms with Crippen LogP contribution >= 0.6 is 0 Å². The van der Waals surface area contributed by atoms with E-state index in [-0.39, 0.29) is 5.82 Å². The molecule has 31 heavy (non-hydrogen) atoms. The maximum atomic E-state index is 15.0. The molecular weight excluding hydrogens is 393 g/mol. The maximum Gasteiger partial charge on any atom is 0.229 e. The Bertz CT molecular complexity index is 1050. The Balaban J connectivity index is 1.51. The van der Waals surface area contributed by atoms with Gasteiger partial charge in [-0.05, 0) is 82.4 Å². The minimum Gasteiger partial charge on any atom is -0.323 e. The molecule has 1 saturated heterocycles. The van der Waals surface area contributed by atoms with Crippen LogP contribution in [0.1, 0.15) is 48.1 Å². The molecule has 1 aliphatic heterocycles. The Labute approximate surface area is 182 Å². The van der Waals surface area contributed by atoms with Crippen LogP contribution in [-0.4, -0.2) is 44.7 Å². The first-order valence-corrected chi connectivity index (χ1v) is 10.8. The van der Waals surface area contributed by atoms with Crippen LogP contribution in [0.5, 0.6) is 0 Å². The lowest BCUT2D eigenvalue weighted by atomic mass is 9.86. The van der Waals surface area contributed by atoms with E-state index in [2.05, 4.69) is 49.5 Å². The highest BCUT2D eigenvalue weighted by atomic mass is 19.1. The summed E-state index contributed by atoms with van der Waals surface area (Å²) >= 11 is 0. The highest BCUT2D eigenvalue weighted by molar-refractivity contribution is 5.61. The number of likely N-dealkylation sites (tertiary alicyclic amines) is 1. The number of aryl methyl sites for hydroxylation is 3. The van der Waals surface area contributed by atoms with Crippen molar-refractivity contribution in [2.24, 2.45) is 0 Å².